The molecule has 104 valence electrons. The average Bonchev–Trinajstić information content (AvgIpc) is 2.38. The van der Waals surface area contributed by atoms with Crippen molar-refractivity contribution in [3.8, 4) is 0 Å². The second kappa shape index (κ2) is 4.11. The summed E-state index contributed by atoms with van der Waals surface area (Å²) in [5, 5.41) is 0. The number of carbonyl (C=O) groups excluding carboxylic acids is 3. The molecule has 0 spiro atoms. The molecule has 2 atom stereocenters. The molecule has 3 nitrogen and oxygen atoms in total. The highest BCUT2D eigenvalue weighted by molar-refractivity contribution is 6.21. The van der Waals surface area contributed by atoms with E-state index in [4.69, 9.17) is 0 Å². The van der Waals surface area contributed by atoms with Gasteiger partial charge in [-0.15, -0.1) is 0 Å². The van der Waals surface area contributed by atoms with Gasteiger partial charge in [-0.3, -0.25) is 14.4 Å². The third-order valence-corrected chi connectivity index (χ3v) is 5.12. The van der Waals surface area contributed by atoms with Crippen LogP contribution in [0.1, 0.15) is 33.6 Å². The first-order chi connectivity index (χ1) is 9.34. The molecule has 0 amide bonds. The molecular weight excluding hydrogens is 252 g/mol. The Morgan fingerprint density at radius 3 is 2.45 bits per heavy atom. The Labute approximate surface area is 118 Å². The van der Waals surface area contributed by atoms with Crippen LogP contribution in [0.25, 0.3) is 0 Å². The summed E-state index contributed by atoms with van der Waals surface area (Å²) in [7, 11) is 0. The summed E-state index contributed by atoms with van der Waals surface area (Å²) in [6.45, 7) is 5.82. The molecule has 3 aliphatic rings. The maximum Gasteiger partial charge on any atom is 0.182 e. The summed E-state index contributed by atoms with van der Waals surface area (Å²) in [4.78, 5) is 36.7. The molecule has 3 aliphatic carbocycles. The van der Waals surface area contributed by atoms with Gasteiger partial charge < -0.3 is 0 Å². The second-order valence-electron chi connectivity index (χ2n) is 6.54. The topological polar surface area (TPSA) is 51.2 Å². The van der Waals surface area contributed by atoms with E-state index < -0.39 is 5.41 Å². The Morgan fingerprint density at radius 2 is 1.75 bits per heavy atom. The van der Waals surface area contributed by atoms with Crippen molar-refractivity contribution in [2.75, 3.05) is 0 Å². The molecule has 0 N–H and O–H groups in total. The summed E-state index contributed by atoms with van der Waals surface area (Å²) < 4.78 is 0. The van der Waals surface area contributed by atoms with Crippen LogP contribution in [0.5, 0.6) is 0 Å². The molecule has 0 bridgehead atoms. The smallest absolute Gasteiger partial charge is 0.182 e. The maximum absolute atomic E-state index is 12.4. The minimum atomic E-state index is -0.428. The molecule has 0 aromatic heterocycles. The Morgan fingerprint density at radius 1 is 1.10 bits per heavy atom. The fraction of sp³-hybridized carbons (Fsp3) is 0.471. The lowest BCUT2D eigenvalue weighted by Gasteiger charge is -2.47. The van der Waals surface area contributed by atoms with E-state index in [-0.39, 0.29) is 29.2 Å². The summed E-state index contributed by atoms with van der Waals surface area (Å²) in [5.74, 6) is -0.0821. The van der Waals surface area contributed by atoms with Crippen LogP contribution < -0.4 is 0 Å². The van der Waals surface area contributed by atoms with Crippen molar-refractivity contribution in [2.45, 2.75) is 33.6 Å². The molecule has 0 fully saturated rings. The summed E-state index contributed by atoms with van der Waals surface area (Å²) >= 11 is 0. The summed E-state index contributed by atoms with van der Waals surface area (Å²) in [5.41, 5.74) is 1.55. The van der Waals surface area contributed by atoms with Gasteiger partial charge >= 0.3 is 0 Å². The summed E-state index contributed by atoms with van der Waals surface area (Å²) in [6.07, 6.45) is 5.91. The molecule has 2 unspecified atom stereocenters. The molecule has 0 radical (unpaired) electrons. The lowest BCUT2D eigenvalue weighted by molar-refractivity contribution is -0.125. The highest BCUT2D eigenvalue weighted by Gasteiger charge is 2.50. The van der Waals surface area contributed by atoms with E-state index in [0.717, 1.165) is 12.0 Å². The molecule has 0 aliphatic heterocycles. The molecule has 3 heteroatoms. The van der Waals surface area contributed by atoms with E-state index in [2.05, 4.69) is 0 Å². The third-order valence-electron chi connectivity index (χ3n) is 5.12. The van der Waals surface area contributed by atoms with E-state index in [9.17, 15) is 14.4 Å². The first kappa shape index (κ1) is 13.2. The minimum absolute atomic E-state index is 0.0678. The van der Waals surface area contributed by atoms with E-state index in [1.165, 1.54) is 12.2 Å². The van der Waals surface area contributed by atoms with Crippen molar-refractivity contribution < 1.29 is 14.4 Å². The lowest BCUT2D eigenvalue weighted by atomic mass is 9.55. The van der Waals surface area contributed by atoms with Gasteiger partial charge in [-0.2, -0.15) is 0 Å². The van der Waals surface area contributed by atoms with Gasteiger partial charge in [0.2, 0.25) is 0 Å². The van der Waals surface area contributed by atoms with Crippen LogP contribution in [0, 0.1) is 17.3 Å². The Balaban J connectivity index is 2.15. The van der Waals surface area contributed by atoms with Gasteiger partial charge in [0, 0.05) is 17.1 Å². The number of hydrogen-bond donors (Lipinski definition) is 0. The predicted octanol–water partition coefficient (Wildman–Crippen LogP) is 2.57. The van der Waals surface area contributed by atoms with Crippen molar-refractivity contribution in [1.29, 1.82) is 0 Å². The fourth-order valence-electron chi connectivity index (χ4n) is 4.00. The Hall–Kier alpha value is -1.77. The molecular formula is C17H18O3. The average molecular weight is 270 g/mol. The Bertz CT molecular complexity index is 629. The minimum Gasteiger partial charge on any atom is -0.294 e. The molecule has 0 saturated carbocycles. The number of carbonyl (C=O) groups is 3. The number of allylic oxidation sites excluding steroid dienone is 6. The number of rotatable bonds is 0. The highest BCUT2D eigenvalue weighted by Crippen LogP contribution is 2.52. The SMILES string of the molecule is CC1=CCC2C(CC3=C(C(=O)C=CC3=O)C2(C)C)C1=O. The van der Waals surface area contributed by atoms with Crippen LogP contribution in [-0.2, 0) is 14.4 Å². The zero-order chi connectivity index (χ0) is 14.7. The van der Waals surface area contributed by atoms with Crippen molar-refractivity contribution in [3.05, 3.63) is 34.9 Å². The fourth-order valence-corrected chi connectivity index (χ4v) is 4.00. The van der Waals surface area contributed by atoms with Crippen LogP contribution in [0.15, 0.2) is 34.9 Å². The molecule has 0 aromatic rings. The second-order valence-corrected chi connectivity index (χ2v) is 6.54. The van der Waals surface area contributed by atoms with Crippen molar-refractivity contribution >= 4 is 17.3 Å². The lowest BCUT2D eigenvalue weighted by Crippen LogP contribution is -2.45. The van der Waals surface area contributed by atoms with Gasteiger partial charge in [0.15, 0.2) is 17.3 Å². The van der Waals surface area contributed by atoms with E-state index in [1.807, 2.05) is 26.8 Å². The summed E-state index contributed by atoms with van der Waals surface area (Å²) in [6, 6.07) is 0. The number of fused-ring (bicyclic) bond motifs is 1. The normalized spacial score (nSPS) is 31.9. The molecule has 3 rings (SSSR count). The van der Waals surface area contributed by atoms with Crippen LogP contribution in [0.2, 0.25) is 0 Å². The molecule has 0 aromatic carbocycles. The predicted molar refractivity (Wildman–Crippen MR) is 74.9 cm³/mol. The largest absolute Gasteiger partial charge is 0.294 e. The monoisotopic (exact) mass is 270 g/mol. The van der Waals surface area contributed by atoms with Crippen molar-refractivity contribution in [3.63, 3.8) is 0 Å². The van der Waals surface area contributed by atoms with Crippen LogP contribution >= 0.6 is 0 Å². The van der Waals surface area contributed by atoms with Crippen LogP contribution in [0.4, 0.5) is 0 Å². The van der Waals surface area contributed by atoms with Gasteiger partial charge in [0.05, 0.1) is 0 Å². The third kappa shape index (κ3) is 1.62. The van der Waals surface area contributed by atoms with E-state index >= 15 is 0 Å². The quantitative estimate of drug-likeness (QED) is 0.636. The van der Waals surface area contributed by atoms with Crippen LogP contribution in [-0.4, -0.2) is 17.3 Å². The number of Topliss-reactive ketones (excluding diaryl/α,β-unsaturated/α-hetero) is 1. The van der Waals surface area contributed by atoms with Gasteiger partial charge in [0.25, 0.3) is 0 Å². The van der Waals surface area contributed by atoms with Crippen molar-refractivity contribution in [1.82, 2.24) is 0 Å². The zero-order valence-electron chi connectivity index (χ0n) is 12.0. The van der Waals surface area contributed by atoms with Gasteiger partial charge in [-0.05, 0) is 48.8 Å². The molecule has 20 heavy (non-hydrogen) atoms. The first-order valence-corrected chi connectivity index (χ1v) is 7.05. The highest BCUT2D eigenvalue weighted by atomic mass is 16.1. The van der Waals surface area contributed by atoms with Crippen LogP contribution in [0.3, 0.4) is 0 Å². The number of hydrogen-bond acceptors (Lipinski definition) is 3. The molecule has 0 saturated heterocycles. The standard InChI is InChI=1S/C17H18O3/c1-9-4-5-12-10(16(9)20)8-11-13(18)6-7-14(19)15(11)17(12,2)3/h4,6-7,10,12H,5,8H2,1-3H3. The van der Waals surface area contributed by atoms with Gasteiger partial charge in [-0.25, -0.2) is 0 Å². The van der Waals surface area contributed by atoms with E-state index in [0.29, 0.717) is 17.6 Å². The number of ketones is 3. The maximum atomic E-state index is 12.4. The van der Waals surface area contributed by atoms with Crippen molar-refractivity contribution in [2.24, 2.45) is 17.3 Å². The Kier molecular flexibility index (Phi) is 2.72. The zero-order valence-corrected chi connectivity index (χ0v) is 12.0. The van der Waals surface area contributed by atoms with Gasteiger partial charge in [-0.1, -0.05) is 19.9 Å². The first-order valence-electron chi connectivity index (χ1n) is 7.05. The molecule has 0 heterocycles. The van der Waals surface area contributed by atoms with E-state index in [1.54, 1.807) is 0 Å². The van der Waals surface area contributed by atoms with Gasteiger partial charge in [0.1, 0.15) is 0 Å².